The third-order valence-electron chi connectivity index (χ3n) is 1.11. The monoisotopic (exact) mass is 249 g/mol. The lowest BCUT2D eigenvalue weighted by Gasteiger charge is -1.99. The van der Waals surface area contributed by atoms with Crippen molar-refractivity contribution >= 4 is 33.2 Å². The summed E-state index contributed by atoms with van der Waals surface area (Å²) in [5.74, 6) is -0.201. The number of hydrogen-bond donors (Lipinski definition) is 1. The minimum absolute atomic E-state index is 0.201. The Kier molecular flexibility index (Phi) is 3.71. The van der Waals surface area contributed by atoms with Crippen LogP contribution in [-0.4, -0.2) is 12.5 Å². The van der Waals surface area contributed by atoms with E-state index in [9.17, 15) is 4.79 Å². The molecule has 0 fully saturated rings. The van der Waals surface area contributed by atoms with Crippen molar-refractivity contribution in [1.29, 1.82) is 0 Å². The van der Waals surface area contributed by atoms with Crippen molar-refractivity contribution in [3.63, 3.8) is 0 Å². The molecule has 0 spiro atoms. The number of thiophene rings is 1. The van der Waals surface area contributed by atoms with Crippen LogP contribution in [0.15, 0.2) is 15.9 Å². The van der Waals surface area contributed by atoms with Gasteiger partial charge in [-0.1, -0.05) is 0 Å². The number of nitrogens with one attached hydrogen (secondary N) is 1. The van der Waals surface area contributed by atoms with E-state index in [-0.39, 0.29) is 5.91 Å². The molecule has 0 aromatic carbocycles. The molecule has 0 unspecified atom stereocenters. The minimum atomic E-state index is -0.201. The van der Waals surface area contributed by atoms with E-state index in [1.807, 2.05) is 13.0 Å². The fourth-order valence-corrected chi connectivity index (χ4v) is 1.90. The van der Waals surface area contributed by atoms with Crippen LogP contribution in [0.2, 0.25) is 0 Å². The highest BCUT2D eigenvalue weighted by Gasteiger charge is 2.06. The Hall–Kier alpha value is -0.390. The zero-order chi connectivity index (χ0) is 8.97. The summed E-state index contributed by atoms with van der Waals surface area (Å²) >= 11 is 4.64. The van der Waals surface area contributed by atoms with Gasteiger partial charge in [0.1, 0.15) is 0 Å². The van der Waals surface area contributed by atoms with Gasteiger partial charge >= 0.3 is 0 Å². The highest BCUT2D eigenvalue weighted by Crippen LogP contribution is 2.21. The molecule has 0 saturated heterocycles. The van der Waals surface area contributed by atoms with Crippen LogP contribution in [0.3, 0.4) is 0 Å². The molecule has 1 aromatic heterocycles. The van der Waals surface area contributed by atoms with Crippen LogP contribution >= 0.6 is 27.3 Å². The smallest absolute Gasteiger partial charge is 0.274 e. The minimum Gasteiger partial charge on any atom is -0.274 e. The first-order chi connectivity index (χ1) is 5.74. The fraction of sp³-hybridized carbons (Fsp3) is 0.286. The van der Waals surface area contributed by atoms with Crippen LogP contribution in [0.1, 0.15) is 16.6 Å². The molecular formula is C7H8BrNO2S. The van der Waals surface area contributed by atoms with Gasteiger partial charge in [-0.2, -0.15) is 0 Å². The van der Waals surface area contributed by atoms with Gasteiger partial charge in [-0.25, -0.2) is 5.48 Å². The highest BCUT2D eigenvalue weighted by atomic mass is 79.9. The van der Waals surface area contributed by atoms with Crippen molar-refractivity contribution in [1.82, 2.24) is 5.48 Å². The maximum absolute atomic E-state index is 11.2. The van der Waals surface area contributed by atoms with Crippen LogP contribution in [0.25, 0.3) is 0 Å². The Morgan fingerprint density at radius 3 is 3.00 bits per heavy atom. The van der Waals surface area contributed by atoms with E-state index in [1.165, 1.54) is 11.3 Å². The number of amides is 1. The van der Waals surface area contributed by atoms with E-state index >= 15 is 0 Å². The van der Waals surface area contributed by atoms with Gasteiger partial charge in [0.25, 0.3) is 5.91 Å². The molecule has 12 heavy (non-hydrogen) atoms. The fourth-order valence-electron chi connectivity index (χ4n) is 0.624. The number of hydroxylamine groups is 1. The van der Waals surface area contributed by atoms with Crippen LogP contribution in [0.5, 0.6) is 0 Å². The zero-order valence-electron chi connectivity index (χ0n) is 6.46. The number of carbonyl (C=O) groups is 1. The highest BCUT2D eigenvalue weighted by molar-refractivity contribution is 9.11. The van der Waals surface area contributed by atoms with E-state index < -0.39 is 0 Å². The predicted octanol–water partition coefficient (Wildman–Crippen LogP) is 2.19. The number of halogens is 1. The third-order valence-corrected chi connectivity index (χ3v) is 2.73. The normalized spacial score (nSPS) is 9.83. The van der Waals surface area contributed by atoms with Gasteiger partial charge in [0.05, 0.1) is 15.3 Å². The van der Waals surface area contributed by atoms with Gasteiger partial charge in [-0.3, -0.25) is 9.63 Å². The zero-order valence-corrected chi connectivity index (χ0v) is 8.87. The molecule has 1 aromatic rings. The summed E-state index contributed by atoms with van der Waals surface area (Å²) in [6, 6.07) is 3.56. The first-order valence-corrected chi connectivity index (χ1v) is 5.02. The average Bonchev–Trinajstić information content (AvgIpc) is 2.47. The standard InChI is InChI=1S/C7H8BrNO2S/c1-2-11-9-7(10)5-3-4-6(8)12-5/h3-4H,2H2,1H3,(H,9,10). The summed E-state index contributed by atoms with van der Waals surface area (Å²) in [6.45, 7) is 2.28. The lowest BCUT2D eigenvalue weighted by Crippen LogP contribution is -2.22. The van der Waals surface area contributed by atoms with E-state index in [2.05, 4.69) is 21.4 Å². The molecule has 0 aliphatic rings. The summed E-state index contributed by atoms with van der Waals surface area (Å²) in [5.41, 5.74) is 2.31. The third kappa shape index (κ3) is 2.58. The van der Waals surface area contributed by atoms with Gasteiger partial charge in [0.2, 0.25) is 0 Å². The maximum Gasteiger partial charge on any atom is 0.284 e. The number of rotatable bonds is 3. The lowest BCUT2D eigenvalue weighted by atomic mass is 10.5. The second-order valence-corrected chi connectivity index (χ2v) is 4.43. The largest absolute Gasteiger partial charge is 0.284 e. The molecule has 0 aliphatic carbocycles. The molecule has 0 atom stereocenters. The first kappa shape index (κ1) is 9.70. The summed E-state index contributed by atoms with van der Waals surface area (Å²) in [6.07, 6.45) is 0. The second kappa shape index (κ2) is 4.59. The summed E-state index contributed by atoms with van der Waals surface area (Å²) in [7, 11) is 0. The topological polar surface area (TPSA) is 38.3 Å². The van der Waals surface area contributed by atoms with Crippen LogP contribution in [-0.2, 0) is 4.84 Å². The SMILES string of the molecule is CCONC(=O)c1ccc(Br)s1. The molecule has 5 heteroatoms. The molecule has 1 N–H and O–H groups in total. The van der Waals surface area contributed by atoms with Crippen molar-refractivity contribution in [2.75, 3.05) is 6.61 Å². The van der Waals surface area contributed by atoms with E-state index in [1.54, 1.807) is 6.07 Å². The molecule has 1 amide bonds. The lowest BCUT2D eigenvalue weighted by molar-refractivity contribution is 0.0368. The summed E-state index contributed by atoms with van der Waals surface area (Å²) in [5, 5.41) is 0. The maximum atomic E-state index is 11.2. The van der Waals surface area contributed by atoms with Crippen molar-refractivity contribution < 1.29 is 9.63 Å². The van der Waals surface area contributed by atoms with Crippen molar-refractivity contribution in [2.24, 2.45) is 0 Å². The molecule has 66 valence electrons. The molecular weight excluding hydrogens is 242 g/mol. The Labute approximate surface area is 82.8 Å². The van der Waals surface area contributed by atoms with Gasteiger partial charge in [-0.15, -0.1) is 11.3 Å². The Bertz CT molecular complexity index is 274. The summed E-state index contributed by atoms with van der Waals surface area (Å²) < 4.78 is 0.934. The quantitative estimate of drug-likeness (QED) is 0.835. The van der Waals surface area contributed by atoms with Crippen molar-refractivity contribution in [3.8, 4) is 0 Å². The van der Waals surface area contributed by atoms with Crippen LogP contribution in [0, 0.1) is 0 Å². The molecule has 0 saturated carbocycles. The molecule has 3 nitrogen and oxygen atoms in total. The average molecular weight is 250 g/mol. The van der Waals surface area contributed by atoms with Crippen molar-refractivity contribution in [3.05, 3.63) is 20.8 Å². The van der Waals surface area contributed by atoms with E-state index in [0.29, 0.717) is 11.5 Å². The molecule has 1 heterocycles. The molecule has 0 bridgehead atoms. The van der Waals surface area contributed by atoms with E-state index in [0.717, 1.165) is 3.79 Å². The molecule has 0 radical (unpaired) electrons. The molecule has 0 aliphatic heterocycles. The second-order valence-electron chi connectivity index (χ2n) is 1.97. The number of carbonyl (C=O) groups excluding carboxylic acids is 1. The Morgan fingerprint density at radius 2 is 2.50 bits per heavy atom. The van der Waals surface area contributed by atoms with Crippen molar-refractivity contribution in [2.45, 2.75) is 6.92 Å². The van der Waals surface area contributed by atoms with Crippen LogP contribution < -0.4 is 5.48 Å². The molecule has 1 rings (SSSR count). The van der Waals surface area contributed by atoms with Gasteiger partial charge in [0.15, 0.2) is 0 Å². The summed E-state index contributed by atoms with van der Waals surface area (Å²) in [4.78, 5) is 16.6. The predicted molar refractivity (Wildman–Crippen MR) is 51.1 cm³/mol. The van der Waals surface area contributed by atoms with Gasteiger partial charge in [-0.05, 0) is 35.0 Å². The van der Waals surface area contributed by atoms with Gasteiger partial charge < -0.3 is 0 Å². The Morgan fingerprint density at radius 1 is 1.75 bits per heavy atom. The van der Waals surface area contributed by atoms with E-state index in [4.69, 9.17) is 4.84 Å². The Balaban J connectivity index is 2.53. The first-order valence-electron chi connectivity index (χ1n) is 3.41. The van der Waals surface area contributed by atoms with Gasteiger partial charge in [0, 0.05) is 0 Å². The van der Waals surface area contributed by atoms with Crippen LogP contribution in [0.4, 0.5) is 0 Å². The number of hydrogen-bond acceptors (Lipinski definition) is 3.